The summed E-state index contributed by atoms with van der Waals surface area (Å²) in [6.45, 7) is 0.825. The van der Waals surface area contributed by atoms with Gasteiger partial charge in [-0.05, 0) is 23.8 Å². The maximum Gasteiger partial charge on any atom is 0.222 e. The standard InChI is InChI=1S/C15H18N4O3/c1-22-13-9-11(3-4-12(13)20)10-19-14(21)5-8-18-15-16-6-2-7-17-15/h2-4,6-7,9,20H,5,8,10H2,1H3,(H,19,21)(H,16,17,18). The van der Waals surface area contributed by atoms with Crippen molar-refractivity contribution in [2.45, 2.75) is 13.0 Å². The summed E-state index contributed by atoms with van der Waals surface area (Å²) >= 11 is 0. The molecule has 116 valence electrons. The molecule has 1 amide bonds. The van der Waals surface area contributed by atoms with Crippen LogP contribution in [0.3, 0.4) is 0 Å². The highest BCUT2D eigenvalue weighted by Crippen LogP contribution is 2.26. The van der Waals surface area contributed by atoms with Gasteiger partial charge in [-0.1, -0.05) is 6.07 Å². The molecule has 0 radical (unpaired) electrons. The van der Waals surface area contributed by atoms with E-state index < -0.39 is 0 Å². The molecule has 2 aromatic rings. The van der Waals surface area contributed by atoms with E-state index in [1.807, 2.05) is 0 Å². The van der Waals surface area contributed by atoms with Gasteiger partial charge in [-0.25, -0.2) is 9.97 Å². The number of phenols is 1. The molecule has 0 fully saturated rings. The molecule has 22 heavy (non-hydrogen) atoms. The number of hydrogen-bond donors (Lipinski definition) is 3. The van der Waals surface area contributed by atoms with Crippen molar-refractivity contribution in [2.75, 3.05) is 19.0 Å². The number of aromatic hydroxyl groups is 1. The number of carbonyl (C=O) groups is 1. The van der Waals surface area contributed by atoms with Crippen LogP contribution >= 0.6 is 0 Å². The Kier molecular flexibility index (Phi) is 5.53. The molecule has 7 heteroatoms. The number of nitrogens with one attached hydrogen (secondary N) is 2. The van der Waals surface area contributed by atoms with Gasteiger partial charge < -0.3 is 20.5 Å². The Morgan fingerprint density at radius 2 is 2.09 bits per heavy atom. The number of nitrogens with zero attached hydrogens (tertiary/aromatic N) is 2. The van der Waals surface area contributed by atoms with Gasteiger partial charge in [-0.15, -0.1) is 0 Å². The fourth-order valence-corrected chi connectivity index (χ4v) is 1.80. The molecule has 1 aromatic carbocycles. The van der Waals surface area contributed by atoms with Gasteiger partial charge in [-0.2, -0.15) is 0 Å². The molecule has 0 atom stereocenters. The Morgan fingerprint density at radius 1 is 1.32 bits per heavy atom. The number of methoxy groups -OCH3 is 1. The lowest BCUT2D eigenvalue weighted by Gasteiger charge is -2.08. The SMILES string of the molecule is COc1cc(CNC(=O)CCNc2ncccn2)ccc1O. The first-order valence-corrected chi connectivity index (χ1v) is 6.82. The number of rotatable bonds is 7. The van der Waals surface area contributed by atoms with Crippen LogP contribution in [-0.4, -0.2) is 34.6 Å². The van der Waals surface area contributed by atoms with Crippen LogP contribution in [0.5, 0.6) is 11.5 Å². The van der Waals surface area contributed by atoms with Crippen molar-refractivity contribution >= 4 is 11.9 Å². The van der Waals surface area contributed by atoms with Gasteiger partial charge in [0.2, 0.25) is 11.9 Å². The summed E-state index contributed by atoms with van der Waals surface area (Å²) in [6, 6.07) is 6.68. The molecule has 0 saturated heterocycles. The van der Waals surface area contributed by atoms with Gasteiger partial charge in [0.05, 0.1) is 7.11 Å². The lowest BCUT2D eigenvalue weighted by atomic mass is 10.2. The molecule has 1 heterocycles. The highest BCUT2D eigenvalue weighted by atomic mass is 16.5. The average Bonchev–Trinajstić information content (AvgIpc) is 2.55. The van der Waals surface area contributed by atoms with Gasteiger partial charge in [0.15, 0.2) is 11.5 Å². The van der Waals surface area contributed by atoms with Crippen LogP contribution in [0.25, 0.3) is 0 Å². The number of phenolic OH excluding ortho intramolecular Hbond substituents is 1. The summed E-state index contributed by atoms with van der Waals surface area (Å²) < 4.78 is 5.02. The molecule has 0 aliphatic carbocycles. The summed E-state index contributed by atoms with van der Waals surface area (Å²) in [5.41, 5.74) is 0.849. The number of anilines is 1. The molecule has 0 spiro atoms. The van der Waals surface area contributed by atoms with Gasteiger partial charge in [0.1, 0.15) is 0 Å². The third-order valence-electron chi connectivity index (χ3n) is 2.93. The molecule has 1 aromatic heterocycles. The highest BCUT2D eigenvalue weighted by molar-refractivity contribution is 5.76. The summed E-state index contributed by atoms with van der Waals surface area (Å²) in [5.74, 6) is 0.869. The Hall–Kier alpha value is -2.83. The van der Waals surface area contributed by atoms with Gasteiger partial charge in [-0.3, -0.25) is 4.79 Å². The largest absolute Gasteiger partial charge is 0.504 e. The first-order chi connectivity index (χ1) is 10.7. The van der Waals surface area contributed by atoms with Crippen LogP contribution < -0.4 is 15.4 Å². The Labute approximate surface area is 128 Å². The minimum atomic E-state index is -0.0875. The summed E-state index contributed by atoms with van der Waals surface area (Å²) in [7, 11) is 1.48. The average molecular weight is 302 g/mol. The molecule has 0 aliphatic rings. The van der Waals surface area contributed by atoms with E-state index in [1.165, 1.54) is 13.2 Å². The van der Waals surface area contributed by atoms with E-state index in [2.05, 4.69) is 20.6 Å². The molecule has 2 rings (SSSR count). The zero-order valence-corrected chi connectivity index (χ0v) is 12.2. The lowest BCUT2D eigenvalue weighted by molar-refractivity contribution is -0.121. The topological polar surface area (TPSA) is 96.4 Å². The fourth-order valence-electron chi connectivity index (χ4n) is 1.80. The molecular formula is C15H18N4O3. The molecular weight excluding hydrogens is 284 g/mol. The molecule has 0 unspecified atom stereocenters. The van der Waals surface area contributed by atoms with Crippen LogP contribution in [0.4, 0.5) is 5.95 Å². The van der Waals surface area contributed by atoms with Crippen molar-refractivity contribution < 1.29 is 14.6 Å². The zero-order valence-electron chi connectivity index (χ0n) is 12.2. The van der Waals surface area contributed by atoms with E-state index >= 15 is 0 Å². The van der Waals surface area contributed by atoms with E-state index in [9.17, 15) is 9.90 Å². The van der Waals surface area contributed by atoms with Crippen molar-refractivity contribution in [1.29, 1.82) is 0 Å². The van der Waals surface area contributed by atoms with E-state index in [1.54, 1.807) is 30.6 Å². The van der Waals surface area contributed by atoms with Crippen molar-refractivity contribution in [2.24, 2.45) is 0 Å². The zero-order chi connectivity index (χ0) is 15.8. The minimum Gasteiger partial charge on any atom is -0.504 e. The van der Waals surface area contributed by atoms with Crippen LogP contribution in [0.1, 0.15) is 12.0 Å². The molecule has 7 nitrogen and oxygen atoms in total. The second-order valence-electron chi connectivity index (χ2n) is 4.53. The van der Waals surface area contributed by atoms with Crippen molar-refractivity contribution in [3.63, 3.8) is 0 Å². The van der Waals surface area contributed by atoms with E-state index in [-0.39, 0.29) is 11.7 Å². The predicted molar refractivity (Wildman–Crippen MR) is 81.6 cm³/mol. The normalized spacial score (nSPS) is 10.0. The second-order valence-corrected chi connectivity index (χ2v) is 4.53. The van der Waals surface area contributed by atoms with Crippen LogP contribution in [0.15, 0.2) is 36.7 Å². The van der Waals surface area contributed by atoms with E-state index in [0.717, 1.165) is 5.56 Å². The summed E-state index contributed by atoms with van der Waals surface area (Å²) in [4.78, 5) is 19.8. The van der Waals surface area contributed by atoms with Crippen molar-refractivity contribution in [3.05, 3.63) is 42.2 Å². The van der Waals surface area contributed by atoms with E-state index in [4.69, 9.17) is 4.74 Å². The number of hydrogen-bond acceptors (Lipinski definition) is 6. The number of ether oxygens (including phenoxy) is 1. The van der Waals surface area contributed by atoms with Crippen LogP contribution in [-0.2, 0) is 11.3 Å². The van der Waals surface area contributed by atoms with Crippen LogP contribution in [0, 0.1) is 0 Å². The predicted octanol–water partition coefficient (Wildman–Crippen LogP) is 1.31. The summed E-state index contributed by atoms with van der Waals surface area (Å²) in [5, 5.41) is 15.3. The fraction of sp³-hybridized carbons (Fsp3) is 0.267. The van der Waals surface area contributed by atoms with Gasteiger partial charge in [0.25, 0.3) is 0 Å². The van der Waals surface area contributed by atoms with Crippen molar-refractivity contribution in [3.8, 4) is 11.5 Å². The maximum absolute atomic E-state index is 11.8. The number of carbonyl (C=O) groups excluding carboxylic acids is 1. The molecule has 0 saturated carbocycles. The first-order valence-electron chi connectivity index (χ1n) is 6.82. The van der Waals surface area contributed by atoms with Gasteiger partial charge >= 0.3 is 0 Å². The smallest absolute Gasteiger partial charge is 0.222 e. The Balaban J connectivity index is 1.73. The maximum atomic E-state index is 11.8. The number of benzene rings is 1. The lowest BCUT2D eigenvalue weighted by Crippen LogP contribution is -2.25. The molecule has 0 bridgehead atoms. The minimum absolute atomic E-state index is 0.0737. The number of aromatic nitrogens is 2. The van der Waals surface area contributed by atoms with Gasteiger partial charge in [0, 0.05) is 31.9 Å². The second kappa shape index (κ2) is 7.82. The third kappa shape index (κ3) is 4.62. The number of amides is 1. The van der Waals surface area contributed by atoms with Crippen LogP contribution in [0.2, 0.25) is 0 Å². The summed E-state index contributed by atoms with van der Waals surface area (Å²) in [6.07, 6.45) is 3.58. The van der Waals surface area contributed by atoms with E-state index in [0.29, 0.717) is 31.2 Å². The monoisotopic (exact) mass is 302 g/mol. The molecule has 0 aliphatic heterocycles. The quantitative estimate of drug-likeness (QED) is 0.713. The first kappa shape index (κ1) is 15.6. The molecule has 3 N–H and O–H groups in total. The third-order valence-corrected chi connectivity index (χ3v) is 2.93. The Morgan fingerprint density at radius 3 is 2.82 bits per heavy atom. The highest BCUT2D eigenvalue weighted by Gasteiger charge is 2.05. The van der Waals surface area contributed by atoms with Crippen molar-refractivity contribution in [1.82, 2.24) is 15.3 Å². The Bertz CT molecular complexity index is 619.